The second-order valence-corrected chi connectivity index (χ2v) is 4.27. The Labute approximate surface area is 101 Å². The van der Waals surface area contributed by atoms with Crippen molar-refractivity contribution in [1.82, 2.24) is 0 Å². The second kappa shape index (κ2) is 6.25. The van der Waals surface area contributed by atoms with Crippen LogP contribution in [0.3, 0.4) is 0 Å². The molecule has 0 aromatic heterocycles. The summed E-state index contributed by atoms with van der Waals surface area (Å²) in [4.78, 5) is 10.7. The normalized spacial score (nSPS) is 12.5. The number of aliphatic carboxylic acids is 1. The van der Waals surface area contributed by atoms with Crippen molar-refractivity contribution in [3.8, 4) is 5.75 Å². The van der Waals surface area contributed by atoms with E-state index in [1.807, 2.05) is 38.1 Å². The summed E-state index contributed by atoms with van der Waals surface area (Å²) in [7, 11) is 0. The first-order valence-electron chi connectivity index (χ1n) is 5.71. The molecule has 0 amide bonds. The molecule has 0 radical (unpaired) electrons. The molecular weight excluding hydrogens is 218 g/mol. The van der Waals surface area contributed by atoms with E-state index in [1.165, 1.54) is 0 Å². The van der Waals surface area contributed by atoms with Gasteiger partial charge in [0.05, 0.1) is 12.5 Å². The average Bonchev–Trinajstić information content (AvgIpc) is 2.26. The number of ether oxygens (including phenoxy) is 1. The Morgan fingerprint density at radius 2 is 1.94 bits per heavy atom. The Bertz CT molecular complexity index is 359. The summed E-state index contributed by atoms with van der Waals surface area (Å²) in [6.45, 7) is 4.25. The molecule has 0 heterocycles. The largest absolute Gasteiger partial charge is 0.491 e. The lowest BCUT2D eigenvalue weighted by Crippen LogP contribution is -2.16. The summed E-state index contributed by atoms with van der Waals surface area (Å²) < 4.78 is 5.52. The van der Waals surface area contributed by atoms with E-state index < -0.39 is 5.97 Å². The molecule has 4 heteroatoms. The van der Waals surface area contributed by atoms with Gasteiger partial charge >= 0.3 is 5.97 Å². The fraction of sp³-hybridized carbons (Fsp3) is 0.462. The quantitative estimate of drug-likeness (QED) is 0.793. The van der Waals surface area contributed by atoms with Crippen molar-refractivity contribution in [3.63, 3.8) is 0 Å². The third kappa shape index (κ3) is 4.44. The van der Waals surface area contributed by atoms with Gasteiger partial charge in [-0.25, -0.2) is 0 Å². The number of benzene rings is 1. The second-order valence-electron chi connectivity index (χ2n) is 4.27. The molecule has 0 saturated carbocycles. The highest BCUT2D eigenvalue weighted by molar-refractivity contribution is 5.68. The molecule has 0 aliphatic rings. The molecule has 4 nitrogen and oxygen atoms in total. The van der Waals surface area contributed by atoms with Gasteiger partial charge in [0.1, 0.15) is 5.75 Å². The first kappa shape index (κ1) is 13.5. The molecular formula is C13H19NO3. The minimum absolute atomic E-state index is 0.0564. The number of hydrogen-bond donors (Lipinski definition) is 2. The molecule has 0 bridgehead atoms. The van der Waals surface area contributed by atoms with Gasteiger partial charge in [-0.3, -0.25) is 4.79 Å². The van der Waals surface area contributed by atoms with E-state index in [2.05, 4.69) is 0 Å². The van der Waals surface area contributed by atoms with Crippen LogP contribution >= 0.6 is 0 Å². The van der Waals surface area contributed by atoms with Crippen LogP contribution in [0.1, 0.15) is 31.7 Å². The summed E-state index contributed by atoms with van der Waals surface area (Å²) in [5.74, 6) is -0.182. The van der Waals surface area contributed by atoms with Crippen molar-refractivity contribution in [2.75, 3.05) is 6.54 Å². The molecule has 17 heavy (non-hydrogen) atoms. The summed E-state index contributed by atoms with van der Waals surface area (Å²) >= 11 is 0. The molecule has 0 unspecified atom stereocenters. The third-order valence-corrected chi connectivity index (χ3v) is 2.43. The highest BCUT2D eigenvalue weighted by Gasteiger charge is 2.13. The van der Waals surface area contributed by atoms with Gasteiger partial charge in [-0.1, -0.05) is 12.1 Å². The molecule has 3 N–H and O–H groups in total. The molecule has 0 spiro atoms. The van der Waals surface area contributed by atoms with E-state index in [9.17, 15) is 4.79 Å². The zero-order valence-electron chi connectivity index (χ0n) is 10.2. The summed E-state index contributed by atoms with van der Waals surface area (Å²) in [6, 6.07) is 7.44. The van der Waals surface area contributed by atoms with Crippen LogP contribution in [0.2, 0.25) is 0 Å². The predicted octanol–water partition coefficient (Wildman–Crippen LogP) is 1.99. The average molecular weight is 237 g/mol. The highest BCUT2D eigenvalue weighted by atomic mass is 16.5. The Kier molecular flexibility index (Phi) is 4.97. The fourth-order valence-electron chi connectivity index (χ4n) is 1.64. The minimum atomic E-state index is -0.831. The monoisotopic (exact) mass is 237 g/mol. The minimum Gasteiger partial charge on any atom is -0.491 e. The molecule has 0 aliphatic heterocycles. The molecule has 1 rings (SSSR count). The van der Waals surface area contributed by atoms with Crippen LogP contribution in [0.25, 0.3) is 0 Å². The lowest BCUT2D eigenvalue weighted by Gasteiger charge is -2.14. The molecule has 94 valence electrons. The predicted molar refractivity (Wildman–Crippen MR) is 66.3 cm³/mol. The number of hydrogen-bond acceptors (Lipinski definition) is 3. The molecule has 0 fully saturated rings. The third-order valence-electron chi connectivity index (χ3n) is 2.43. The maximum atomic E-state index is 10.7. The summed E-state index contributed by atoms with van der Waals surface area (Å²) in [5.41, 5.74) is 6.51. The van der Waals surface area contributed by atoms with Crippen LogP contribution in [0.5, 0.6) is 5.75 Å². The van der Waals surface area contributed by atoms with E-state index in [0.717, 1.165) is 11.3 Å². The molecule has 1 aromatic rings. The Morgan fingerprint density at radius 1 is 1.35 bits per heavy atom. The van der Waals surface area contributed by atoms with Gasteiger partial charge in [0, 0.05) is 5.92 Å². The van der Waals surface area contributed by atoms with Gasteiger partial charge in [0.15, 0.2) is 0 Å². The topological polar surface area (TPSA) is 72.5 Å². The van der Waals surface area contributed by atoms with Crippen molar-refractivity contribution in [2.24, 2.45) is 5.73 Å². The lowest BCUT2D eigenvalue weighted by molar-refractivity contribution is -0.137. The van der Waals surface area contributed by atoms with E-state index in [1.54, 1.807) is 0 Å². The van der Waals surface area contributed by atoms with Crippen molar-refractivity contribution in [3.05, 3.63) is 29.8 Å². The van der Waals surface area contributed by atoms with Crippen LogP contribution in [-0.4, -0.2) is 23.7 Å². The standard InChI is InChI=1S/C13H19NO3/c1-9(2)17-12-5-3-10(4-6-12)11(8-14)7-13(15)16/h3-6,9,11H,7-8,14H2,1-2H3,(H,15,16)/t11-/m1/s1. The van der Waals surface area contributed by atoms with E-state index in [0.29, 0.717) is 6.54 Å². The summed E-state index contributed by atoms with van der Waals surface area (Å²) in [5, 5.41) is 8.77. The van der Waals surface area contributed by atoms with Crippen LogP contribution in [0.15, 0.2) is 24.3 Å². The van der Waals surface area contributed by atoms with E-state index in [-0.39, 0.29) is 18.4 Å². The molecule has 1 atom stereocenters. The van der Waals surface area contributed by atoms with Crippen LogP contribution in [0, 0.1) is 0 Å². The zero-order valence-corrected chi connectivity index (χ0v) is 10.2. The Hall–Kier alpha value is -1.55. The van der Waals surface area contributed by atoms with E-state index in [4.69, 9.17) is 15.6 Å². The maximum Gasteiger partial charge on any atom is 0.304 e. The molecule has 0 aliphatic carbocycles. The fourth-order valence-corrected chi connectivity index (χ4v) is 1.64. The SMILES string of the molecule is CC(C)Oc1ccc([C@@H](CN)CC(=O)O)cc1. The van der Waals surface area contributed by atoms with E-state index >= 15 is 0 Å². The Balaban J connectivity index is 2.74. The number of rotatable bonds is 6. The molecule has 0 saturated heterocycles. The van der Waals surface area contributed by atoms with Gasteiger partial charge in [0.2, 0.25) is 0 Å². The van der Waals surface area contributed by atoms with Gasteiger partial charge in [-0.2, -0.15) is 0 Å². The Morgan fingerprint density at radius 3 is 2.35 bits per heavy atom. The van der Waals surface area contributed by atoms with Crippen molar-refractivity contribution < 1.29 is 14.6 Å². The summed E-state index contributed by atoms with van der Waals surface area (Å²) in [6.07, 6.45) is 0.186. The van der Waals surface area contributed by atoms with Crippen LogP contribution < -0.4 is 10.5 Å². The van der Waals surface area contributed by atoms with Crippen molar-refractivity contribution in [2.45, 2.75) is 32.3 Å². The zero-order chi connectivity index (χ0) is 12.8. The van der Waals surface area contributed by atoms with Gasteiger partial charge in [-0.05, 0) is 38.1 Å². The number of nitrogens with two attached hydrogens (primary N) is 1. The van der Waals surface area contributed by atoms with Crippen LogP contribution in [0.4, 0.5) is 0 Å². The number of carbonyl (C=O) groups is 1. The molecule has 1 aromatic carbocycles. The van der Waals surface area contributed by atoms with Gasteiger partial charge in [-0.15, -0.1) is 0 Å². The first-order valence-corrected chi connectivity index (χ1v) is 5.71. The van der Waals surface area contributed by atoms with Crippen LogP contribution in [-0.2, 0) is 4.79 Å². The number of carboxylic acid groups (broad SMARTS) is 1. The van der Waals surface area contributed by atoms with Crippen molar-refractivity contribution >= 4 is 5.97 Å². The van der Waals surface area contributed by atoms with Gasteiger partial charge < -0.3 is 15.6 Å². The first-order chi connectivity index (χ1) is 8.02. The smallest absolute Gasteiger partial charge is 0.304 e. The van der Waals surface area contributed by atoms with Crippen molar-refractivity contribution in [1.29, 1.82) is 0 Å². The van der Waals surface area contributed by atoms with Gasteiger partial charge in [0.25, 0.3) is 0 Å². The number of carboxylic acids is 1. The highest BCUT2D eigenvalue weighted by Crippen LogP contribution is 2.22. The maximum absolute atomic E-state index is 10.7. The lowest BCUT2D eigenvalue weighted by atomic mass is 9.96.